The van der Waals surface area contributed by atoms with Crippen molar-refractivity contribution in [2.75, 3.05) is 31.2 Å². The Morgan fingerprint density at radius 1 is 0.969 bits per heavy atom. The quantitative estimate of drug-likeness (QED) is 0.304. The number of thiophene rings is 1. The van der Waals surface area contributed by atoms with Crippen LogP contribution in [0.2, 0.25) is 0 Å². The molecule has 10 heteroatoms. The van der Waals surface area contributed by atoms with Gasteiger partial charge in [-0.15, -0.1) is 11.3 Å². The van der Waals surface area contributed by atoms with Gasteiger partial charge in [-0.2, -0.15) is 0 Å². The third-order valence-electron chi connectivity index (χ3n) is 4.30. The molecule has 0 saturated heterocycles. The van der Waals surface area contributed by atoms with Crippen molar-refractivity contribution in [3.63, 3.8) is 0 Å². The van der Waals surface area contributed by atoms with Gasteiger partial charge in [-0.1, -0.05) is 6.07 Å². The zero-order valence-electron chi connectivity index (χ0n) is 17.3. The summed E-state index contributed by atoms with van der Waals surface area (Å²) in [4.78, 5) is 11.8. The van der Waals surface area contributed by atoms with Gasteiger partial charge in [0.15, 0.2) is 6.61 Å². The molecule has 2 aromatic carbocycles. The van der Waals surface area contributed by atoms with E-state index in [0.717, 1.165) is 11.3 Å². The number of carbonyl (C=O) groups is 1. The monoisotopic (exact) mass is 479 g/mol. The lowest BCUT2D eigenvalue weighted by molar-refractivity contribution is -0.146. The van der Waals surface area contributed by atoms with Crippen molar-refractivity contribution in [2.24, 2.45) is 0 Å². The van der Waals surface area contributed by atoms with Gasteiger partial charge >= 0.3 is 5.97 Å². The fourth-order valence-electron chi connectivity index (χ4n) is 2.59. The molecule has 0 radical (unpaired) electrons. The largest absolute Gasteiger partial charge is 0.493 e. The van der Waals surface area contributed by atoms with Crippen LogP contribution in [0.4, 0.5) is 10.1 Å². The number of rotatable bonds is 11. The number of carbonyl (C=O) groups excluding carboxylic acids is 1. The second-order valence-corrected chi connectivity index (χ2v) is 9.71. The number of ether oxygens (including phenoxy) is 3. The first-order valence-electron chi connectivity index (χ1n) is 9.65. The number of halogens is 1. The molecule has 1 aromatic heterocycles. The lowest BCUT2D eigenvalue weighted by atomic mass is 10.3. The van der Waals surface area contributed by atoms with E-state index >= 15 is 0 Å². The van der Waals surface area contributed by atoms with Crippen LogP contribution in [0.3, 0.4) is 0 Å². The molecule has 0 aliphatic carbocycles. The van der Waals surface area contributed by atoms with Gasteiger partial charge in [-0.05, 0) is 60.0 Å². The number of benzene rings is 2. The summed E-state index contributed by atoms with van der Waals surface area (Å²) >= 11 is 1.15. The fourth-order valence-corrected chi connectivity index (χ4v) is 4.94. The van der Waals surface area contributed by atoms with Crippen molar-refractivity contribution in [1.82, 2.24) is 0 Å². The highest BCUT2D eigenvalue weighted by Crippen LogP contribution is 2.26. The highest BCUT2D eigenvalue weighted by molar-refractivity contribution is 7.94. The SMILES string of the molecule is CN(c1ccc(OCC(=O)OCCCOc2ccc(F)cc2)cc1)S(=O)(=O)c1cccs1. The number of hydrogen-bond acceptors (Lipinski definition) is 7. The van der Waals surface area contributed by atoms with E-state index in [0.29, 0.717) is 30.2 Å². The van der Waals surface area contributed by atoms with E-state index in [9.17, 15) is 17.6 Å². The third-order valence-corrected chi connectivity index (χ3v) is 7.46. The molecule has 0 bridgehead atoms. The molecule has 1 heterocycles. The number of esters is 1. The zero-order valence-corrected chi connectivity index (χ0v) is 18.9. The molecule has 3 rings (SSSR count). The van der Waals surface area contributed by atoms with Gasteiger partial charge in [0.2, 0.25) is 0 Å². The molecule has 0 aliphatic heterocycles. The molecule has 3 aromatic rings. The highest BCUT2D eigenvalue weighted by atomic mass is 32.2. The molecule has 32 heavy (non-hydrogen) atoms. The van der Waals surface area contributed by atoms with Gasteiger partial charge in [0.05, 0.1) is 18.9 Å². The van der Waals surface area contributed by atoms with Crippen molar-refractivity contribution in [3.8, 4) is 11.5 Å². The topological polar surface area (TPSA) is 82.1 Å². The summed E-state index contributed by atoms with van der Waals surface area (Å²) in [6.07, 6.45) is 0.475. The highest BCUT2D eigenvalue weighted by Gasteiger charge is 2.22. The van der Waals surface area contributed by atoms with Crippen LogP contribution in [0.25, 0.3) is 0 Å². The Morgan fingerprint density at radius 3 is 2.28 bits per heavy atom. The smallest absolute Gasteiger partial charge is 0.344 e. The standard InChI is InChI=1S/C22H22FNO6S2/c1-24(32(26,27)22-4-2-15-31-22)18-7-11-20(12-8-18)30-16-21(25)29-14-3-13-28-19-9-5-17(23)6-10-19/h2,4-12,15H,3,13-14,16H2,1H3. The molecular formula is C22H22FNO6S2. The van der Waals surface area contributed by atoms with E-state index in [4.69, 9.17) is 14.2 Å². The van der Waals surface area contributed by atoms with E-state index in [-0.39, 0.29) is 23.2 Å². The van der Waals surface area contributed by atoms with Crippen molar-refractivity contribution >= 4 is 33.0 Å². The Balaban J connectivity index is 1.38. The minimum atomic E-state index is -3.61. The van der Waals surface area contributed by atoms with Crippen molar-refractivity contribution < 1.29 is 31.8 Å². The molecule has 0 spiro atoms. The van der Waals surface area contributed by atoms with Crippen molar-refractivity contribution in [2.45, 2.75) is 10.6 Å². The fraction of sp³-hybridized carbons (Fsp3) is 0.227. The van der Waals surface area contributed by atoms with E-state index in [1.165, 1.54) is 35.6 Å². The molecule has 0 amide bonds. The van der Waals surface area contributed by atoms with E-state index < -0.39 is 16.0 Å². The molecule has 0 aliphatic rings. The number of sulfonamides is 1. The number of anilines is 1. The van der Waals surface area contributed by atoms with Crippen LogP contribution >= 0.6 is 11.3 Å². The Hall–Kier alpha value is -3.11. The third kappa shape index (κ3) is 6.44. The minimum Gasteiger partial charge on any atom is -0.493 e. The summed E-state index contributed by atoms with van der Waals surface area (Å²) in [5.74, 6) is 0.0789. The second-order valence-electron chi connectivity index (χ2n) is 6.56. The zero-order chi connectivity index (χ0) is 23.0. The van der Waals surface area contributed by atoms with E-state index in [2.05, 4.69) is 0 Å². The van der Waals surface area contributed by atoms with Gasteiger partial charge in [0, 0.05) is 13.5 Å². The molecule has 0 atom stereocenters. The van der Waals surface area contributed by atoms with Gasteiger partial charge < -0.3 is 14.2 Å². The van der Waals surface area contributed by atoms with Gasteiger partial charge in [-0.3, -0.25) is 4.31 Å². The maximum Gasteiger partial charge on any atom is 0.344 e. The Labute approximate surface area is 190 Å². The second kappa shape index (κ2) is 11.0. The maximum absolute atomic E-state index is 12.8. The number of nitrogens with zero attached hydrogens (tertiary/aromatic N) is 1. The first kappa shape index (κ1) is 23.6. The summed E-state index contributed by atoms with van der Waals surface area (Å²) in [6, 6.07) is 15.2. The average Bonchev–Trinajstić information content (AvgIpc) is 3.34. The summed E-state index contributed by atoms with van der Waals surface area (Å²) in [5, 5.41) is 1.70. The molecule has 0 saturated carbocycles. The lowest BCUT2D eigenvalue weighted by Gasteiger charge is -2.18. The van der Waals surface area contributed by atoms with Crippen LogP contribution in [0.15, 0.2) is 70.3 Å². The Morgan fingerprint density at radius 2 is 1.62 bits per heavy atom. The van der Waals surface area contributed by atoms with Crippen LogP contribution in [0.1, 0.15) is 6.42 Å². The van der Waals surface area contributed by atoms with Crippen LogP contribution in [-0.4, -0.2) is 41.3 Å². The predicted molar refractivity (Wildman–Crippen MR) is 119 cm³/mol. The number of hydrogen-bond donors (Lipinski definition) is 0. The summed E-state index contributed by atoms with van der Waals surface area (Å²) < 4.78 is 55.3. The average molecular weight is 480 g/mol. The van der Waals surface area contributed by atoms with E-state index in [1.54, 1.807) is 41.8 Å². The van der Waals surface area contributed by atoms with Crippen molar-refractivity contribution in [3.05, 3.63) is 71.9 Å². The summed E-state index contributed by atoms with van der Waals surface area (Å²) in [7, 11) is -2.14. The van der Waals surface area contributed by atoms with E-state index in [1.807, 2.05) is 0 Å². The Bertz CT molecular complexity index is 1100. The molecule has 7 nitrogen and oxygen atoms in total. The molecule has 0 unspecified atom stereocenters. The molecule has 0 fully saturated rings. The summed E-state index contributed by atoms with van der Waals surface area (Å²) in [6.45, 7) is 0.207. The van der Waals surface area contributed by atoms with Gasteiger partial charge in [0.25, 0.3) is 10.0 Å². The first-order valence-corrected chi connectivity index (χ1v) is 12.0. The van der Waals surface area contributed by atoms with Gasteiger partial charge in [-0.25, -0.2) is 17.6 Å². The van der Waals surface area contributed by atoms with Crippen molar-refractivity contribution in [1.29, 1.82) is 0 Å². The van der Waals surface area contributed by atoms with Crippen LogP contribution in [0, 0.1) is 5.82 Å². The van der Waals surface area contributed by atoms with Crippen LogP contribution in [0.5, 0.6) is 11.5 Å². The Kier molecular flexibility index (Phi) is 8.07. The normalized spacial score (nSPS) is 11.1. The molecular weight excluding hydrogens is 457 g/mol. The molecule has 170 valence electrons. The predicted octanol–water partition coefficient (Wildman–Crippen LogP) is 4.10. The summed E-state index contributed by atoms with van der Waals surface area (Å²) in [5.41, 5.74) is 0.467. The maximum atomic E-state index is 12.8. The van der Waals surface area contributed by atoms with Gasteiger partial charge in [0.1, 0.15) is 21.5 Å². The van der Waals surface area contributed by atoms with Crippen LogP contribution < -0.4 is 13.8 Å². The first-order chi connectivity index (χ1) is 15.4. The lowest BCUT2D eigenvalue weighted by Crippen LogP contribution is -2.25. The van der Waals surface area contributed by atoms with Crippen LogP contribution in [-0.2, 0) is 19.6 Å². The molecule has 0 N–H and O–H groups in total. The minimum absolute atomic E-state index is 0.160.